The first-order valence-electron chi connectivity index (χ1n) is 8.09. The number of nitrogens with one attached hydrogen (secondary N) is 2. The summed E-state index contributed by atoms with van der Waals surface area (Å²) in [5, 5.41) is 5.45. The predicted octanol–water partition coefficient (Wildman–Crippen LogP) is 1.35. The van der Waals surface area contributed by atoms with E-state index in [0.717, 1.165) is 0 Å². The minimum atomic E-state index is -3.03. The molecular formula is C17H24N2O5S. The highest BCUT2D eigenvalue weighted by Gasteiger charge is 2.28. The van der Waals surface area contributed by atoms with Crippen molar-refractivity contribution in [3.8, 4) is 5.75 Å². The lowest BCUT2D eigenvalue weighted by Gasteiger charge is -2.18. The van der Waals surface area contributed by atoms with Gasteiger partial charge in [-0.2, -0.15) is 0 Å². The number of sulfone groups is 1. The van der Waals surface area contributed by atoms with Gasteiger partial charge < -0.3 is 15.4 Å². The van der Waals surface area contributed by atoms with Crippen LogP contribution in [0.4, 0.5) is 5.69 Å². The zero-order valence-electron chi connectivity index (χ0n) is 14.7. The molecule has 1 aromatic carbocycles. The van der Waals surface area contributed by atoms with Crippen molar-refractivity contribution in [2.45, 2.75) is 33.2 Å². The first-order chi connectivity index (χ1) is 11.5. The van der Waals surface area contributed by atoms with Gasteiger partial charge in [-0.15, -0.1) is 0 Å². The number of ether oxygens (including phenoxy) is 1. The third-order valence-electron chi connectivity index (χ3n) is 3.74. The molecular weight excluding hydrogens is 344 g/mol. The van der Waals surface area contributed by atoms with Crippen LogP contribution in [0.15, 0.2) is 24.3 Å². The van der Waals surface area contributed by atoms with Gasteiger partial charge >= 0.3 is 0 Å². The highest BCUT2D eigenvalue weighted by Crippen LogP contribution is 2.21. The lowest BCUT2D eigenvalue weighted by molar-refractivity contribution is -0.124. The van der Waals surface area contributed by atoms with E-state index in [4.69, 9.17) is 4.74 Å². The van der Waals surface area contributed by atoms with Crippen molar-refractivity contribution in [2.75, 3.05) is 23.4 Å². The van der Waals surface area contributed by atoms with Crippen molar-refractivity contribution >= 4 is 27.3 Å². The maximum absolute atomic E-state index is 12.0. The Hall–Kier alpha value is -2.09. The number of rotatable bonds is 5. The summed E-state index contributed by atoms with van der Waals surface area (Å²) >= 11 is 0. The monoisotopic (exact) mass is 368 g/mol. The molecule has 1 aliphatic heterocycles. The first kappa shape index (κ1) is 19.2. The Balaban J connectivity index is 1.85. The SMILES string of the molecule is CC(C)(C)C(=O)Nc1cccc(OCC(=O)NC2CCS(=O)(=O)C2)c1. The summed E-state index contributed by atoms with van der Waals surface area (Å²) in [5.74, 6) is 0.0402. The Morgan fingerprint density at radius 2 is 2.00 bits per heavy atom. The Labute approximate surface area is 148 Å². The number of benzene rings is 1. The van der Waals surface area contributed by atoms with E-state index in [1.807, 2.05) is 20.8 Å². The van der Waals surface area contributed by atoms with Crippen LogP contribution in [0.1, 0.15) is 27.2 Å². The third kappa shape index (κ3) is 6.04. The summed E-state index contributed by atoms with van der Waals surface area (Å²) in [6, 6.07) is 6.42. The zero-order chi connectivity index (χ0) is 18.7. The van der Waals surface area contributed by atoms with E-state index in [-0.39, 0.29) is 36.0 Å². The minimum absolute atomic E-state index is 0.0208. The molecule has 2 amide bonds. The van der Waals surface area contributed by atoms with E-state index >= 15 is 0 Å². The number of carbonyl (C=O) groups is 2. The third-order valence-corrected chi connectivity index (χ3v) is 5.51. The molecule has 2 N–H and O–H groups in total. The van der Waals surface area contributed by atoms with Gasteiger partial charge in [-0.25, -0.2) is 8.42 Å². The van der Waals surface area contributed by atoms with E-state index in [0.29, 0.717) is 17.9 Å². The molecule has 0 radical (unpaired) electrons. The van der Waals surface area contributed by atoms with Crippen LogP contribution in [0.2, 0.25) is 0 Å². The topological polar surface area (TPSA) is 102 Å². The molecule has 2 rings (SSSR count). The second-order valence-electron chi connectivity index (χ2n) is 7.19. The van der Waals surface area contributed by atoms with Crippen LogP contribution in [0.3, 0.4) is 0 Å². The first-order valence-corrected chi connectivity index (χ1v) is 9.91. The van der Waals surface area contributed by atoms with Crippen molar-refractivity contribution < 1.29 is 22.7 Å². The Morgan fingerprint density at radius 1 is 1.28 bits per heavy atom. The van der Waals surface area contributed by atoms with Gasteiger partial charge in [0.25, 0.3) is 5.91 Å². The van der Waals surface area contributed by atoms with Gasteiger partial charge in [0.2, 0.25) is 5.91 Å². The van der Waals surface area contributed by atoms with E-state index in [1.54, 1.807) is 24.3 Å². The van der Waals surface area contributed by atoms with E-state index in [9.17, 15) is 18.0 Å². The molecule has 138 valence electrons. The molecule has 0 spiro atoms. The molecule has 25 heavy (non-hydrogen) atoms. The maximum Gasteiger partial charge on any atom is 0.258 e. The highest BCUT2D eigenvalue weighted by molar-refractivity contribution is 7.91. The van der Waals surface area contributed by atoms with Gasteiger partial charge in [-0.05, 0) is 18.6 Å². The molecule has 1 aliphatic rings. The maximum atomic E-state index is 12.0. The van der Waals surface area contributed by atoms with Crippen molar-refractivity contribution in [2.24, 2.45) is 5.41 Å². The van der Waals surface area contributed by atoms with Crippen LogP contribution in [0.5, 0.6) is 5.75 Å². The van der Waals surface area contributed by atoms with Crippen molar-refractivity contribution in [1.82, 2.24) is 5.32 Å². The van der Waals surface area contributed by atoms with Crippen LogP contribution >= 0.6 is 0 Å². The number of hydrogen-bond donors (Lipinski definition) is 2. The molecule has 0 aliphatic carbocycles. The van der Waals surface area contributed by atoms with Crippen molar-refractivity contribution in [3.05, 3.63) is 24.3 Å². The molecule has 1 fully saturated rings. The molecule has 1 saturated heterocycles. The molecule has 0 bridgehead atoms. The van der Waals surface area contributed by atoms with Gasteiger partial charge in [-0.3, -0.25) is 9.59 Å². The Morgan fingerprint density at radius 3 is 2.60 bits per heavy atom. The summed E-state index contributed by atoms with van der Waals surface area (Å²) in [6.07, 6.45) is 0.433. The average Bonchev–Trinajstić information content (AvgIpc) is 2.83. The van der Waals surface area contributed by atoms with Crippen molar-refractivity contribution in [1.29, 1.82) is 0 Å². The summed E-state index contributed by atoms with van der Waals surface area (Å²) in [6.45, 7) is 5.23. The van der Waals surface area contributed by atoms with E-state index in [1.165, 1.54) is 0 Å². The average molecular weight is 368 g/mol. The zero-order valence-corrected chi connectivity index (χ0v) is 15.5. The summed E-state index contributed by atoms with van der Waals surface area (Å²) < 4.78 is 28.2. The van der Waals surface area contributed by atoms with Crippen LogP contribution in [0.25, 0.3) is 0 Å². The molecule has 7 nitrogen and oxygen atoms in total. The minimum Gasteiger partial charge on any atom is -0.484 e. The van der Waals surface area contributed by atoms with Crippen LogP contribution in [0, 0.1) is 5.41 Å². The van der Waals surface area contributed by atoms with Gasteiger partial charge in [0.15, 0.2) is 16.4 Å². The van der Waals surface area contributed by atoms with E-state index < -0.39 is 15.3 Å². The standard InChI is InChI=1S/C17H24N2O5S/c1-17(2,3)16(21)19-12-5-4-6-14(9-12)24-10-15(20)18-13-7-8-25(22,23)11-13/h4-6,9,13H,7-8,10-11H2,1-3H3,(H,18,20)(H,19,21). The smallest absolute Gasteiger partial charge is 0.258 e. The molecule has 1 heterocycles. The fourth-order valence-corrected chi connectivity index (χ4v) is 3.98. The van der Waals surface area contributed by atoms with Gasteiger partial charge in [0, 0.05) is 23.2 Å². The fraction of sp³-hybridized carbons (Fsp3) is 0.529. The summed E-state index contributed by atoms with van der Waals surface area (Å²) in [7, 11) is -3.03. The number of carbonyl (C=O) groups excluding carboxylic acids is 2. The number of anilines is 1. The largest absolute Gasteiger partial charge is 0.484 e. The lowest BCUT2D eigenvalue weighted by atomic mass is 9.95. The lowest BCUT2D eigenvalue weighted by Crippen LogP contribution is -2.38. The second-order valence-corrected chi connectivity index (χ2v) is 9.42. The van der Waals surface area contributed by atoms with Crippen LogP contribution in [-0.4, -0.2) is 44.4 Å². The summed E-state index contributed by atoms with van der Waals surface area (Å²) in [5.41, 5.74) is 0.0676. The van der Waals surface area contributed by atoms with E-state index in [2.05, 4.69) is 10.6 Å². The Kier molecular flexibility index (Phi) is 5.72. The fourth-order valence-electron chi connectivity index (χ4n) is 2.31. The number of hydrogen-bond acceptors (Lipinski definition) is 5. The van der Waals surface area contributed by atoms with Gasteiger partial charge in [0.1, 0.15) is 5.75 Å². The molecule has 0 aromatic heterocycles. The predicted molar refractivity (Wildman–Crippen MR) is 95.2 cm³/mol. The Bertz CT molecular complexity index is 753. The molecule has 1 aromatic rings. The quantitative estimate of drug-likeness (QED) is 0.817. The van der Waals surface area contributed by atoms with Gasteiger partial charge in [0.05, 0.1) is 11.5 Å². The molecule has 1 atom stereocenters. The second kappa shape index (κ2) is 7.43. The molecule has 1 unspecified atom stereocenters. The highest BCUT2D eigenvalue weighted by atomic mass is 32.2. The van der Waals surface area contributed by atoms with Crippen LogP contribution < -0.4 is 15.4 Å². The molecule has 8 heteroatoms. The summed E-state index contributed by atoms with van der Waals surface area (Å²) in [4.78, 5) is 23.9. The van der Waals surface area contributed by atoms with Crippen LogP contribution in [-0.2, 0) is 19.4 Å². The number of amides is 2. The molecule has 0 saturated carbocycles. The van der Waals surface area contributed by atoms with Crippen molar-refractivity contribution in [3.63, 3.8) is 0 Å². The van der Waals surface area contributed by atoms with Gasteiger partial charge in [-0.1, -0.05) is 26.8 Å². The normalized spacial score (nSPS) is 19.2.